The normalized spacial score (nSPS) is 18.3. The lowest BCUT2D eigenvalue weighted by atomic mass is 9.97. The van der Waals surface area contributed by atoms with E-state index in [9.17, 15) is 22.8 Å². The van der Waals surface area contributed by atoms with Gasteiger partial charge in [-0.1, -0.05) is 44.2 Å². The molecule has 0 spiro atoms. The lowest BCUT2D eigenvalue weighted by molar-refractivity contribution is -0.126. The topological polar surface area (TPSA) is 104 Å². The summed E-state index contributed by atoms with van der Waals surface area (Å²) in [4.78, 5) is 40.2. The van der Waals surface area contributed by atoms with Crippen LogP contribution in [0.25, 0.3) is 0 Å². The van der Waals surface area contributed by atoms with E-state index < -0.39 is 27.9 Å². The van der Waals surface area contributed by atoms with E-state index in [1.54, 1.807) is 68.4 Å². The number of carbonyl (C=O) groups is 3. The van der Waals surface area contributed by atoms with Gasteiger partial charge in [-0.2, -0.15) is 4.31 Å². The van der Waals surface area contributed by atoms with Gasteiger partial charge in [-0.25, -0.2) is 8.42 Å². The van der Waals surface area contributed by atoms with Crippen molar-refractivity contribution in [2.75, 3.05) is 19.6 Å². The van der Waals surface area contributed by atoms with Gasteiger partial charge >= 0.3 is 0 Å². The molecule has 0 aliphatic carbocycles. The van der Waals surface area contributed by atoms with Crippen molar-refractivity contribution in [2.45, 2.75) is 37.6 Å². The molecular weight excluding hydrogens is 454 g/mol. The second-order valence-electron chi connectivity index (χ2n) is 9.12. The molecule has 0 bridgehead atoms. The van der Waals surface area contributed by atoms with E-state index in [-0.39, 0.29) is 22.6 Å². The Morgan fingerprint density at radius 3 is 2.00 bits per heavy atom. The molecule has 0 saturated carbocycles. The highest BCUT2D eigenvalue weighted by atomic mass is 32.2. The molecule has 1 atom stereocenters. The number of sulfonamides is 1. The molecule has 4 rings (SSSR count). The molecule has 1 saturated heterocycles. The van der Waals surface area contributed by atoms with Crippen LogP contribution in [-0.4, -0.2) is 61.0 Å². The molecule has 0 aromatic heterocycles. The van der Waals surface area contributed by atoms with E-state index in [1.807, 2.05) is 0 Å². The van der Waals surface area contributed by atoms with E-state index in [4.69, 9.17) is 0 Å². The van der Waals surface area contributed by atoms with Crippen LogP contribution in [0.1, 0.15) is 47.4 Å². The summed E-state index contributed by atoms with van der Waals surface area (Å²) in [5.74, 6) is -1.42. The molecule has 1 fully saturated rings. The Kier molecular flexibility index (Phi) is 6.86. The Bertz CT molecular complexity index is 1150. The Labute approximate surface area is 200 Å². The first kappa shape index (κ1) is 24.1. The van der Waals surface area contributed by atoms with Crippen LogP contribution in [0, 0.1) is 11.8 Å². The SMILES string of the molecule is CC(C)C(C(=O)NCC1CCN(S(=O)(=O)c2ccccc2)CC1)N1C(=O)c2ccccc2C1=O. The molecular formula is C25H29N3O5S. The third-order valence-corrected chi connectivity index (χ3v) is 8.44. The van der Waals surface area contributed by atoms with Crippen molar-refractivity contribution in [1.29, 1.82) is 0 Å². The van der Waals surface area contributed by atoms with Crippen molar-refractivity contribution in [3.05, 3.63) is 65.7 Å². The van der Waals surface area contributed by atoms with Crippen LogP contribution in [0.3, 0.4) is 0 Å². The third-order valence-electron chi connectivity index (χ3n) is 6.52. The van der Waals surface area contributed by atoms with Gasteiger partial charge in [0.1, 0.15) is 6.04 Å². The number of carbonyl (C=O) groups excluding carboxylic acids is 3. The fourth-order valence-electron chi connectivity index (χ4n) is 4.62. The van der Waals surface area contributed by atoms with Crippen molar-refractivity contribution in [3.63, 3.8) is 0 Å². The summed E-state index contributed by atoms with van der Waals surface area (Å²) in [7, 11) is -3.53. The van der Waals surface area contributed by atoms with Crippen molar-refractivity contribution in [2.24, 2.45) is 11.8 Å². The van der Waals surface area contributed by atoms with Crippen molar-refractivity contribution < 1.29 is 22.8 Å². The van der Waals surface area contributed by atoms with Gasteiger partial charge in [-0.15, -0.1) is 0 Å². The van der Waals surface area contributed by atoms with E-state index in [1.165, 1.54) is 4.31 Å². The average Bonchev–Trinajstić information content (AvgIpc) is 3.09. The summed E-state index contributed by atoms with van der Waals surface area (Å²) in [6.07, 6.45) is 1.23. The predicted molar refractivity (Wildman–Crippen MR) is 127 cm³/mol. The summed E-state index contributed by atoms with van der Waals surface area (Å²) in [5.41, 5.74) is 0.635. The molecule has 2 aromatic carbocycles. The van der Waals surface area contributed by atoms with Gasteiger partial charge in [0, 0.05) is 19.6 Å². The second-order valence-corrected chi connectivity index (χ2v) is 11.1. The number of piperidine rings is 1. The summed E-state index contributed by atoms with van der Waals surface area (Å²) in [6, 6.07) is 14.0. The number of hydrogen-bond acceptors (Lipinski definition) is 5. The Morgan fingerprint density at radius 2 is 1.47 bits per heavy atom. The molecule has 1 N–H and O–H groups in total. The smallest absolute Gasteiger partial charge is 0.262 e. The van der Waals surface area contributed by atoms with Gasteiger partial charge in [0.2, 0.25) is 15.9 Å². The number of amides is 3. The van der Waals surface area contributed by atoms with Crippen molar-refractivity contribution >= 4 is 27.7 Å². The van der Waals surface area contributed by atoms with Crippen LogP contribution >= 0.6 is 0 Å². The number of hydrogen-bond donors (Lipinski definition) is 1. The minimum atomic E-state index is -3.53. The first-order chi connectivity index (χ1) is 16.2. The van der Waals surface area contributed by atoms with Crippen LogP contribution in [-0.2, 0) is 14.8 Å². The van der Waals surface area contributed by atoms with Crippen molar-refractivity contribution in [3.8, 4) is 0 Å². The van der Waals surface area contributed by atoms with Gasteiger partial charge < -0.3 is 5.32 Å². The molecule has 2 aromatic rings. The van der Waals surface area contributed by atoms with Crippen LogP contribution in [0.2, 0.25) is 0 Å². The monoisotopic (exact) mass is 483 g/mol. The number of rotatable bonds is 7. The quantitative estimate of drug-likeness (QED) is 0.610. The first-order valence-electron chi connectivity index (χ1n) is 11.5. The Hall–Kier alpha value is -3.04. The largest absolute Gasteiger partial charge is 0.354 e. The zero-order valence-electron chi connectivity index (χ0n) is 19.3. The van der Waals surface area contributed by atoms with Gasteiger partial charge in [0.25, 0.3) is 11.8 Å². The maximum atomic E-state index is 13.1. The van der Waals surface area contributed by atoms with Crippen molar-refractivity contribution in [1.82, 2.24) is 14.5 Å². The summed E-state index contributed by atoms with van der Waals surface area (Å²) in [5, 5.41) is 2.91. The number of nitrogens with one attached hydrogen (secondary N) is 1. The van der Waals surface area contributed by atoms with E-state index in [2.05, 4.69) is 5.32 Å². The summed E-state index contributed by atoms with van der Waals surface area (Å²) < 4.78 is 27.1. The second kappa shape index (κ2) is 9.68. The third kappa shape index (κ3) is 4.50. The average molecular weight is 484 g/mol. The fraction of sp³-hybridized carbons (Fsp3) is 0.400. The highest BCUT2D eigenvalue weighted by molar-refractivity contribution is 7.89. The molecule has 8 nitrogen and oxygen atoms in total. The highest BCUT2D eigenvalue weighted by Crippen LogP contribution is 2.28. The summed E-state index contributed by atoms with van der Waals surface area (Å²) in [6.45, 7) is 4.74. The molecule has 2 aliphatic heterocycles. The molecule has 34 heavy (non-hydrogen) atoms. The maximum Gasteiger partial charge on any atom is 0.262 e. The fourth-order valence-corrected chi connectivity index (χ4v) is 6.11. The van der Waals surface area contributed by atoms with Crippen LogP contribution in [0.15, 0.2) is 59.5 Å². The highest BCUT2D eigenvalue weighted by Gasteiger charge is 2.44. The molecule has 0 radical (unpaired) electrons. The Morgan fingerprint density at radius 1 is 0.941 bits per heavy atom. The first-order valence-corrected chi connectivity index (χ1v) is 13.0. The van der Waals surface area contributed by atoms with Crippen LogP contribution in [0.5, 0.6) is 0 Å². The van der Waals surface area contributed by atoms with Gasteiger partial charge in [0.05, 0.1) is 16.0 Å². The van der Waals surface area contributed by atoms with E-state index in [0.29, 0.717) is 43.6 Å². The predicted octanol–water partition coefficient (Wildman–Crippen LogP) is 2.52. The molecule has 2 heterocycles. The number of nitrogens with zero attached hydrogens (tertiary/aromatic N) is 2. The van der Waals surface area contributed by atoms with Gasteiger partial charge in [0.15, 0.2) is 0 Å². The lowest BCUT2D eigenvalue weighted by Crippen LogP contribution is -2.53. The Balaban J connectivity index is 1.36. The molecule has 2 aliphatic rings. The van der Waals surface area contributed by atoms with Crippen LogP contribution < -0.4 is 5.32 Å². The zero-order chi connectivity index (χ0) is 24.5. The maximum absolute atomic E-state index is 13.1. The van der Waals surface area contributed by atoms with Crippen LogP contribution in [0.4, 0.5) is 0 Å². The molecule has 1 unspecified atom stereocenters. The molecule has 180 valence electrons. The van der Waals surface area contributed by atoms with Gasteiger partial charge in [-0.3, -0.25) is 19.3 Å². The minimum Gasteiger partial charge on any atom is -0.354 e. The van der Waals surface area contributed by atoms with E-state index in [0.717, 1.165) is 4.90 Å². The minimum absolute atomic E-state index is 0.112. The molecule has 3 amide bonds. The van der Waals surface area contributed by atoms with E-state index >= 15 is 0 Å². The number of imide groups is 1. The zero-order valence-corrected chi connectivity index (χ0v) is 20.1. The number of fused-ring (bicyclic) bond motifs is 1. The standard InChI is InChI=1S/C25H29N3O5S/c1-17(2)22(28-24(30)20-10-6-7-11-21(20)25(28)31)23(29)26-16-18-12-14-27(15-13-18)34(32,33)19-8-4-3-5-9-19/h3-11,17-18,22H,12-16H2,1-2H3,(H,26,29). The molecule has 9 heteroatoms. The van der Waals surface area contributed by atoms with Gasteiger partial charge in [-0.05, 0) is 48.9 Å². The summed E-state index contributed by atoms with van der Waals surface area (Å²) >= 11 is 0. The lowest BCUT2D eigenvalue weighted by Gasteiger charge is -2.32. The number of benzene rings is 2.